The average Bonchev–Trinajstić information content (AvgIpc) is 1.64. The van der Waals surface area contributed by atoms with Crippen molar-refractivity contribution in [3.8, 4) is 0 Å². The highest BCUT2D eigenvalue weighted by Crippen LogP contribution is 1.96. The summed E-state index contributed by atoms with van der Waals surface area (Å²) in [6.07, 6.45) is 0.753. The molecule has 4 nitrogen and oxygen atoms in total. The zero-order chi connectivity index (χ0) is 5.98. The van der Waals surface area contributed by atoms with Crippen molar-refractivity contribution in [3.63, 3.8) is 0 Å². The van der Waals surface area contributed by atoms with Gasteiger partial charge in [0.05, 0.1) is 5.95 Å². The van der Waals surface area contributed by atoms with Crippen LogP contribution in [0.4, 0.5) is 0 Å². The zero-order valence-corrected chi connectivity index (χ0v) is 3.92. The minimum Gasteiger partial charge on any atom is -0.579 e. The van der Waals surface area contributed by atoms with Crippen LogP contribution in [-0.2, 0) is 14.3 Å². The first-order valence-electron chi connectivity index (χ1n) is 1.97. The molecular formula is C4H3O4-. The largest absolute Gasteiger partial charge is 0.579 e. The van der Waals surface area contributed by atoms with Gasteiger partial charge in [-0.3, -0.25) is 0 Å². The first kappa shape index (κ1) is 4.96. The van der Waals surface area contributed by atoms with Gasteiger partial charge in [-0.2, -0.15) is 0 Å². The molecule has 0 aromatic rings. The molecule has 1 aliphatic rings. The Morgan fingerprint density at radius 2 is 2.38 bits per heavy atom. The van der Waals surface area contributed by atoms with Crippen LogP contribution in [0, 0.1) is 0 Å². The van der Waals surface area contributed by atoms with Crippen molar-refractivity contribution in [3.05, 3.63) is 12.0 Å². The van der Waals surface area contributed by atoms with Crippen molar-refractivity contribution in [2.75, 3.05) is 6.79 Å². The number of hydrogen-bond acceptors (Lipinski definition) is 4. The van der Waals surface area contributed by atoms with Crippen LogP contribution in [0.3, 0.4) is 0 Å². The lowest BCUT2D eigenvalue weighted by Crippen LogP contribution is -2.19. The minimum atomic E-state index is -0.638. The van der Waals surface area contributed by atoms with Crippen LogP contribution in [0.2, 0.25) is 0 Å². The van der Waals surface area contributed by atoms with Gasteiger partial charge >= 0.3 is 5.97 Å². The van der Waals surface area contributed by atoms with Crippen molar-refractivity contribution in [2.24, 2.45) is 0 Å². The third kappa shape index (κ3) is 0.900. The van der Waals surface area contributed by atoms with Gasteiger partial charge in [0, 0.05) is 6.08 Å². The molecule has 0 unspecified atom stereocenters. The molecular weight excluding hydrogens is 112 g/mol. The van der Waals surface area contributed by atoms with Gasteiger partial charge < -0.3 is 14.6 Å². The van der Waals surface area contributed by atoms with Crippen molar-refractivity contribution < 1.29 is 19.4 Å². The van der Waals surface area contributed by atoms with E-state index >= 15 is 0 Å². The van der Waals surface area contributed by atoms with E-state index in [-0.39, 0.29) is 6.79 Å². The van der Waals surface area contributed by atoms with E-state index in [1.54, 1.807) is 0 Å². The van der Waals surface area contributed by atoms with E-state index in [2.05, 4.69) is 9.47 Å². The molecule has 0 amide bonds. The summed E-state index contributed by atoms with van der Waals surface area (Å²) in [7, 11) is 0. The van der Waals surface area contributed by atoms with E-state index in [0.29, 0.717) is 0 Å². The van der Waals surface area contributed by atoms with Gasteiger partial charge in [-0.1, -0.05) is 0 Å². The molecule has 8 heavy (non-hydrogen) atoms. The average molecular weight is 115 g/mol. The third-order valence-electron chi connectivity index (χ3n) is 0.638. The molecule has 0 N–H and O–H groups in total. The molecule has 0 aromatic carbocycles. The molecule has 1 aliphatic heterocycles. The van der Waals surface area contributed by atoms with Crippen molar-refractivity contribution in [1.29, 1.82) is 0 Å². The van der Waals surface area contributed by atoms with E-state index in [4.69, 9.17) is 0 Å². The predicted octanol–water partition coefficient (Wildman–Crippen LogP) is -1.28. The molecule has 0 radical (unpaired) electrons. The van der Waals surface area contributed by atoms with Crippen LogP contribution >= 0.6 is 0 Å². The van der Waals surface area contributed by atoms with Crippen molar-refractivity contribution in [1.82, 2.24) is 0 Å². The number of carbonyl (C=O) groups is 1. The van der Waals surface area contributed by atoms with Gasteiger partial charge in [0.1, 0.15) is 6.79 Å². The monoisotopic (exact) mass is 115 g/mol. The quantitative estimate of drug-likeness (QED) is 0.369. The lowest BCUT2D eigenvalue weighted by Gasteiger charge is -2.18. The maximum absolute atomic E-state index is 10.1. The maximum atomic E-state index is 10.1. The van der Waals surface area contributed by atoms with Crippen molar-refractivity contribution in [2.45, 2.75) is 0 Å². The molecule has 0 atom stereocenters. The summed E-state index contributed by atoms with van der Waals surface area (Å²) in [5, 5.41) is 10.1. The number of rotatable bonds is 0. The number of cyclic esters (lactones) is 1. The van der Waals surface area contributed by atoms with Gasteiger partial charge in [0.2, 0.25) is 0 Å². The Labute approximate surface area is 45.3 Å². The van der Waals surface area contributed by atoms with Crippen LogP contribution in [-0.4, -0.2) is 12.8 Å². The second kappa shape index (κ2) is 1.73. The Morgan fingerprint density at radius 1 is 1.62 bits per heavy atom. The summed E-state index contributed by atoms with van der Waals surface area (Å²) in [5.41, 5.74) is 0. The standard InChI is InChI=1S/C4H4O4/c5-3-1-4(6)8-2-7-3/h1,5H,2H2/p-1. The normalized spacial score (nSPS) is 18.5. The molecule has 44 valence electrons. The lowest BCUT2D eigenvalue weighted by atomic mass is 10.6. The predicted molar refractivity (Wildman–Crippen MR) is 20.1 cm³/mol. The molecule has 0 aliphatic carbocycles. The molecule has 1 rings (SSSR count). The fourth-order valence-electron chi connectivity index (χ4n) is 0.325. The number of ether oxygens (including phenoxy) is 2. The highest BCUT2D eigenvalue weighted by molar-refractivity contribution is 5.82. The Hall–Kier alpha value is -1.19. The number of esters is 1. The molecule has 0 saturated carbocycles. The number of carbonyl (C=O) groups excluding carboxylic acids is 1. The lowest BCUT2D eigenvalue weighted by molar-refractivity contribution is -0.367. The summed E-state index contributed by atoms with van der Waals surface area (Å²) in [6.45, 7) is -0.256. The molecule has 4 heteroatoms. The first-order chi connectivity index (χ1) is 3.79. The van der Waals surface area contributed by atoms with Crippen LogP contribution in [0.25, 0.3) is 0 Å². The maximum Gasteiger partial charge on any atom is 0.333 e. The minimum absolute atomic E-state index is 0.256. The molecule has 0 saturated heterocycles. The second-order valence-electron chi connectivity index (χ2n) is 1.19. The zero-order valence-electron chi connectivity index (χ0n) is 3.92. The van der Waals surface area contributed by atoms with Gasteiger partial charge in [0.25, 0.3) is 0 Å². The molecule has 0 spiro atoms. The van der Waals surface area contributed by atoms with Crippen molar-refractivity contribution >= 4 is 5.97 Å². The molecule has 0 aromatic heterocycles. The van der Waals surface area contributed by atoms with Gasteiger partial charge in [-0.05, 0) is 0 Å². The van der Waals surface area contributed by atoms with Gasteiger partial charge in [-0.15, -0.1) is 0 Å². The highest BCUT2D eigenvalue weighted by Gasteiger charge is 2.00. The van der Waals surface area contributed by atoms with E-state index < -0.39 is 11.9 Å². The SMILES string of the molecule is O=C1C=C([O-])OCO1. The van der Waals surface area contributed by atoms with E-state index in [9.17, 15) is 9.90 Å². The van der Waals surface area contributed by atoms with Crippen LogP contribution in [0.15, 0.2) is 12.0 Å². The summed E-state index contributed by atoms with van der Waals surface area (Å²) < 4.78 is 8.42. The summed E-state index contributed by atoms with van der Waals surface area (Å²) in [5.74, 6) is -1.28. The molecule has 0 fully saturated rings. The third-order valence-corrected chi connectivity index (χ3v) is 0.638. The number of hydrogen-bond donors (Lipinski definition) is 0. The smallest absolute Gasteiger partial charge is 0.333 e. The topological polar surface area (TPSA) is 58.6 Å². The van der Waals surface area contributed by atoms with E-state index in [1.807, 2.05) is 0 Å². The fourth-order valence-corrected chi connectivity index (χ4v) is 0.325. The van der Waals surface area contributed by atoms with Crippen LogP contribution in [0.1, 0.15) is 0 Å². The first-order valence-corrected chi connectivity index (χ1v) is 1.97. The van der Waals surface area contributed by atoms with Crippen LogP contribution in [0.5, 0.6) is 0 Å². The van der Waals surface area contributed by atoms with Gasteiger partial charge in [0.15, 0.2) is 0 Å². The fraction of sp³-hybridized carbons (Fsp3) is 0.250. The Bertz CT molecular complexity index is 137. The summed E-state index contributed by atoms with van der Waals surface area (Å²) in [6, 6.07) is 0. The van der Waals surface area contributed by atoms with E-state index in [0.717, 1.165) is 6.08 Å². The van der Waals surface area contributed by atoms with E-state index in [1.165, 1.54) is 0 Å². The summed E-state index contributed by atoms with van der Waals surface area (Å²) in [4.78, 5) is 10.1. The second-order valence-corrected chi connectivity index (χ2v) is 1.19. The Morgan fingerprint density at radius 3 is 2.75 bits per heavy atom. The van der Waals surface area contributed by atoms with Crippen LogP contribution < -0.4 is 5.11 Å². The summed E-state index contributed by atoms with van der Waals surface area (Å²) >= 11 is 0. The molecule has 1 heterocycles. The van der Waals surface area contributed by atoms with Gasteiger partial charge in [-0.25, -0.2) is 4.79 Å². The Kier molecular flexibility index (Phi) is 1.07. The Balaban J connectivity index is 2.64. The molecule has 0 bridgehead atoms. The highest BCUT2D eigenvalue weighted by atomic mass is 16.7.